The number of aliphatic hydroxyl groups excluding tert-OH is 1. The van der Waals surface area contributed by atoms with Gasteiger partial charge in [-0.25, -0.2) is 0 Å². The van der Waals surface area contributed by atoms with E-state index in [2.05, 4.69) is 15.5 Å². The number of aryl methyl sites for hydroxylation is 1. The summed E-state index contributed by atoms with van der Waals surface area (Å²) in [7, 11) is 1.90. The van der Waals surface area contributed by atoms with Gasteiger partial charge in [0.2, 0.25) is 0 Å². The highest BCUT2D eigenvalue weighted by atomic mass is 35.6. The van der Waals surface area contributed by atoms with Crippen molar-refractivity contribution in [1.82, 2.24) is 20.1 Å². The van der Waals surface area contributed by atoms with E-state index in [1.165, 1.54) is 0 Å². The van der Waals surface area contributed by atoms with Crippen LogP contribution in [0.1, 0.15) is 41.1 Å². The van der Waals surface area contributed by atoms with Crippen LogP contribution in [0.5, 0.6) is 0 Å². The lowest BCUT2D eigenvalue weighted by molar-refractivity contribution is -0.245. The summed E-state index contributed by atoms with van der Waals surface area (Å²) in [5.74, 6) is -0.00694. The van der Waals surface area contributed by atoms with Crippen molar-refractivity contribution in [2.24, 2.45) is 7.05 Å². The molecule has 3 atom stereocenters. The van der Waals surface area contributed by atoms with Crippen LogP contribution in [0.4, 0.5) is 0 Å². The van der Waals surface area contributed by atoms with Crippen LogP contribution in [-0.4, -0.2) is 41.4 Å². The minimum absolute atomic E-state index is 0.0109. The van der Waals surface area contributed by atoms with Crippen molar-refractivity contribution in [2.45, 2.75) is 47.0 Å². The summed E-state index contributed by atoms with van der Waals surface area (Å²) < 4.78 is 12.5. The Balaban J connectivity index is 1.47. The Labute approximate surface area is 228 Å². The topological polar surface area (TPSA) is 98.5 Å². The summed E-state index contributed by atoms with van der Waals surface area (Å²) >= 11 is 18.4. The lowest BCUT2D eigenvalue weighted by atomic mass is 10.0. The monoisotopic (exact) mass is 570 g/mol. The van der Waals surface area contributed by atoms with Gasteiger partial charge in [-0.2, -0.15) is 0 Å². The third kappa shape index (κ3) is 7.13. The van der Waals surface area contributed by atoms with Crippen LogP contribution in [0.3, 0.4) is 0 Å². The van der Waals surface area contributed by atoms with Gasteiger partial charge < -0.3 is 24.5 Å². The van der Waals surface area contributed by atoms with Gasteiger partial charge in [0.15, 0.2) is 11.4 Å². The summed E-state index contributed by atoms with van der Waals surface area (Å²) in [6.07, 6.45) is 1.46. The van der Waals surface area contributed by atoms with E-state index in [-0.39, 0.29) is 25.4 Å². The molecule has 0 spiro atoms. The average molecular weight is 572 g/mol. The third-order valence-corrected chi connectivity index (χ3v) is 7.33. The van der Waals surface area contributed by atoms with E-state index in [9.17, 15) is 9.90 Å². The van der Waals surface area contributed by atoms with Crippen molar-refractivity contribution in [1.29, 1.82) is 0 Å². The minimum Gasteiger partial charge on any atom is -0.392 e. The average Bonchev–Trinajstić information content (AvgIpc) is 3.30. The Morgan fingerprint density at radius 3 is 2.39 bits per heavy atom. The van der Waals surface area contributed by atoms with Crippen molar-refractivity contribution in [3.05, 3.63) is 77.1 Å². The number of nitrogens with one attached hydrogen (secondary N) is 1. The Bertz CT molecular complexity index is 1160. The highest BCUT2D eigenvalue weighted by Gasteiger charge is 2.33. The van der Waals surface area contributed by atoms with Gasteiger partial charge in [0, 0.05) is 31.3 Å². The normalized spacial score (nSPS) is 20.3. The van der Waals surface area contributed by atoms with Crippen LogP contribution in [0, 0.1) is 0 Å². The fourth-order valence-electron chi connectivity index (χ4n) is 3.67. The number of hydrogen-bond donors (Lipinski definition) is 2. The second-order valence-corrected chi connectivity index (χ2v) is 11.6. The van der Waals surface area contributed by atoms with Crippen molar-refractivity contribution >= 4 is 52.5 Å². The number of aliphatic hydroxyl groups is 1. The van der Waals surface area contributed by atoms with Crippen LogP contribution in [0.15, 0.2) is 60.0 Å². The molecule has 1 saturated heterocycles. The second-order valence-electron chi connectivity index (χ2n) is 8.31. The highest BCUT2D eigenvalue weighted by molar-refractivity contribution is 7.99. The largest absolute Gasteiger partial charge is 0.392 e. The standard InChI is InChI=1S/C24H25Cl3N4O4S/c1-31-14-29-30-23(31)36-13-19-10-20(17-6-4-16(12-32)5-7-17)35-21(34-19)18-8-2-15(3-9-18)11-28-22(33)24(25,26)27/h2-9,14,19-21,32H,10-13H2,1H3,(H,28,33). The first-order chi connectivity index (χ1) is 17.2. The lowest BCUT2D eigenvalue weighted by Crippen LogP contribution is -2.34. The first-order valence-electron chi connectivity index (χ1n) is 11.1. The molecule has 192 valence electrons. The number of thioether (sulfide) groups is 1. The maximum atomic E-state index is 11.8. The van der Waals surface area contributed by atoms with Gasteiger partial charge in [0.05, 0.1) is 18.8 Å². The summed E-state index contributed by atoms with van der Waals surface area (Å²) in [6.45, 7) is 0.208. The van der Waals surface area contributed by atoms with Crippen LogP contribution in [0.2, 0.25) is 0 Å². The molecule has 3 aromatic rings. The van der Waals surface area contributed by atoms with Gasteiger partial charge in [0.1, 0.15) is 6.33 Å². The fraction of sp³-hybridized carbons (Fsp3) is 0.375. The SMILES string of the molecule is Cn1cnnc1SCC1CC(c2ccc(CO)cc2)OC(c2ccc(CNC(=O)C(Cl)(Cl)Cl)cc2)O1. The first-order valence-corrected chi connectivity index (χ1v) is 13.3. The quantitative estimate of drug-likeness (QED) is 0.300. The maximum Gasteiger partial charge on any atom is 0.272 e. The minimum atomic E-state index is -2.01. The molecule has 4 rings (SSSR count). The van der Waals surface area contributed by atoms with E-state index in [1.807, 2.05) is 60.1 Å². The molecule has 1 aliphatic rings. The van der Waals surface area contributed by atoms with Crippen molar-refractivity contribution < 1.29 is 19.4 Å². The second kappa shape index (κ2) is 12.1. The first kappa shape index (κ1) is 27.2. The molecular formula is C24H25Cl3N4O4S. The molecule has 0 bridgehead atoms. The zero-order chi connectivity index (χ0) is 25.7. The lowest BCUT2D eigenvalue weighted by Gasteiger charge is -2.36. The molecule has 12 heteroatoms. The third-order valence-electron chi connectivity index (χ3n) is 5.65. The summed E-state index contributed by atoms with van der Waals surface area (Å²) in [5, 5.41) is 20.8. The van der Waals surface area contributed by atoms with Crippen LogP contribution >= 0.6 is 46.6 Å². The van der Waals surface area contributed by atoms with E-state index in [0.29, 0.717) is 12.2 Å². The number of carbonyl (C=O) groups is 1. The number of nitrogens with zero attached hydrogens (tertiary/aromatic N) is 3. The number of halogens is 3. The highest BCUT2D eigenvalue weighted by Crippen LogP contribution is 2.39. The molecule has 3 unspecified atom stereocenters. The Hall–Kier alpha value is -1.85. The molecule has 0 saturated carbocycles. The summed E-state index contributed by atoms with van der Waals surface area (Å²) in [5.41, 5.74) is 3.54. The van der Waals surface area contributed by atoms with Gasteiger partial charge in [0.25, 0.3) is 9.70 Å². The van der Waals surface area contributed by atoms with Gasteiger partial charge in [-0.15, -0.1) is 10.2 Å². The number of amides is 1. The Kier molecular flexibility index (Phi) is 9.16. The van der Waals surface area contributed by atoms with Gasteiger partial charge >= 0.3 is 0 Å². The molecule has 36 heavy (non-hydrogen) atoms. The van der Waals surface area contributed by atoms with Gasteiger partial charge in [-0.05, 0) is 16.7 Å². The summed E-state index contributed by atoms with van der Waals surface area (Å²) in [4.78, 5) is 11.8. The van der Waals surface area contributed by atoms with E-state index < -0.39 is 16.0 Å². The zero-order valence-corrected chi connectivity index (χ0v) is 22.4. The molecule has 0 aliphatic carbocycles. The van der Waals surface area contributed by atoms with E-state index in [4.69, 9.17) is 44.3 Å². The molecule has 2 heterocycles. The molecule has 2 N–H and O–H groups in total. The number of ether oxygens (including phenoxy) is 2. The van der Waals surface area contributed by atoms with E-state index in [0.717, 1.165) is 27.4 Å². The smallest absolute Gasteiger partial charge is 0.272 e. The zero-order valence-electron chi connectivity index (χ0n) is 19.3. The molecule has 1 fully saturated rings. The van der Waals surface area contributed by atoms with Crippen molar-refractivity contribution in [2.75, 3.05) is 5.75 Å². The molecule has 0 radical (unpaired) electrons. The van der Waals surface area contributed by atoms with Crippen molar-refractivity contribution in [3.8, 4) is 0 Å². The van der Waals surface area contributed by atoms with E-state index >= 15 is 0 Å². The maximum absolute atomic E-state index is 11.8. The molecule has 8 nitrogen and oxygen atoms in total. The van der Waals surface area contributed by atoms with Gasteiger partial charge in [-0.1, -0.05) is 95.1 Å². The molecule has 1 amide bonds. The number of aromatic nitrogens is 3. The predicted octanol–water partition coefficient (Wildman–Crippen LogP) is 4.63. The number of hydrogen-bond acceptors (Lipinski definition) is 7. The predicted molar refractivity (Wildman–Crippen MR) is 139 cm³/mol. The number of rotatable bonds is 8. The van der Waals surface area contributed by atoms with Crippen LogP contribution < -0.4 is 5.32 Å². The number of benzene rings is 2. The Morgan fingerprint density at radius 1 is 1.11 bits per heavy atom. The van der Waals surface area contributed by atoms with Crippen LogP contribution in [0.25, 0.3) is 0 Å². The molecular weight excluding hydrogens is 547 g/mol. The molecule has 2 aromatic carbocycles. The molecule has 1 aromatic heterocycles. The Morgan fingerprint density at radius 2 is 1.78 bits per heavy atom. The fourth-order valence-corrected chi connectivity index (χ4v) is 4.77. The number of alkyl halides is 3. The molecule has 1 aliphatic heterocycles. The van der Waals surface area contributed by atoms with Gasteiger partial charge in [-0.3, -0.25) is 4.79 Å². The summed E-state index contributed by atoms with van der Waals surface area (Å²) in [6, 6.07) is 15.3. The van der Waals surface area contributed by atoms with E-state index in [1.54, 1.807) is 18.1 Å². The van der Waals surface area contributed by atoms with Crippen LogP contribution in [-0.2, 0) is 34.5 Å². The van der Waals surface area contributed by atoms with Crippen molar-refractivity contribution in [3.63, 3.8) is 0 Å². The number of carbonyl (C=O) groups excluding carboxylic acids is 1.